The number of aryl methyl sites for hydroxylation is 2. The third-order valence-electron chi connectivity index (χ3n) is 3.73. The van der Waals surface area contributed by atoms with Crippen LogP contribution < -0.4 is 10.1 Å². The third kappa shape index (κ3) is 5.80. The maximum absolute atomic E-state index is 12.1. The van der Waals surface area contributed by atoms with Crippen molar-refractivity contribution in [1.29, 1.82) is 0 Å². The minimum atomic E-state index is -0.794. The second kappa shape index (κ2) is 9.28. The largest absolute Gasteiger partial charge is 0.481 e. The molecule has 1 amide bonds. The molecule has 0 unspecified atom stereocenters. The van der Waals surface area contributed by atoms with E-state index in [0.717, 1.165) is 17.0 Å². The summed E-state index contributed by atoms with van der Waals surface area (Å²) >= 11 is 1.55. The zero-order chi connectivity index (χ0) is 19.1. The van der Waals surface area contributed by atoms with Gasteiger partial charge >= 0.3 is 5.97 Å². The van der Waals surface area contributed by atoms with Crippen LogP contribution in [0.25, 0.3) is 0 Å². The number of benzene rings is 1. The summed E-state index contributed by atoms with van der Waals surface area (Å²) in [6, 6.07) is 7.50. The second-order valence-corrected chi connectivity index (χ2v) is 6.96. The fourth-order valence-electron chi connectivity index (χ4n) is 2.39. The van der Waals surface area contributed by atoms with Crippen molar-refractivity contribution in [2.45, 2.75) is 26.0 Å². The quantitative estimate of drug-likeness (QED) is 0.653. The van der Waals surface area contributed by atoms with Crippen molar-refractivity contribution in [2.75, 3.05) is 17.7 Å². The van der Waals surface area contributed by atoms with Gasteiger partial charge in [0.05, 0.1) is 12.1 Å². The number of rotatable bonds is 9. The van der Waals surface area contributed by atoms with Crippen molar-refractivity contribution in [1.82, 2.24) is 9.78 Å². The van der Waals surface area contributed by atoms with E-state index in [2.05, 4.69) is 10.4 Å². The van der Waals surface area contributed by atoms with E-state index in [0.29, 0.717) is 22.9 Å². The maximum Gasteiger partial charge on any atom is 0.304 e. The molecule has 140 valence electrons. The summed E-state index contributed by atoms with van der Waals surface area (Å²) in [4.78, 5) is 22.6. The minimum Gasteiger partial charge on any atom is -0.481 e. The molecule has 0 aliphatic carbocycles. The van der Waals surface area contributed by atoms with E-state index in [4.69, 9.17) is 9.84 Å². The number of carbonyl (C=O) groups excluding carboxylic acids is 1. The first kappa shape index (κ1) is 19.8. The fourth-order valence-corrected chi connectivity index (χ4v) is 3.26. The molecule has 8 heteroatoms. The van der Waals surface area contributed by atoms with E-state index in [1.165, 1.54) is 0 Å². The van der Waals surface area contributed by atoms with Gasteiger partial charge in [0.1, 0.15) is 5.69 Å². The van der Waals surface area contributed by atoms with Gasteiger partial charge in [-0.3, -0.25) is 14.3 Å². The average molecular weight is 377 g/mol. The number of amides is 1. The van der Waals surface area contributed by atoms with Crippen molar-refractivity contribution in [3.8, 4) is 5.75 Å². The van der Waals surface area contributed by atoms with Crippen LogP contribution in [0, 0.1) is 13.8 Å². The first-order valence-corrected chi connectivity index (χ1v) is 9.33. The Bertz CT molecular complexity index is 789. The molecule has 1 heterocycles. The summed E-state index contributed by atoms with van der Waals surface area (Å²) < 4.78 is 7.32. The number of aromatic nitrogens is 2. The molecule has 2 rings (SSSR count). The molecule has 0 atom stereocenters. The van der Waals surface area contributed by atoms with E-state index in [1.54, 1.807) is 16.4 Å². The predicted molar refractivity (Wildman–Crippen MR) is 102 cm³/mol. The standard InChI is InChI=1S/C18H23N3O4S/c1-12-18(13(2)21(3)20-12)25-10-16(22)19-15-6-4-5-14(9-15)11-26-8-7-17(23)24/h4-6,9H,7-8,10-11H2,1-3H3,(H,19,22)(H,23,24). The van der Waals surface area contributed by atoms with Crippen LogP contribution in [-0.4, -0.2) is 39.1 Å². The van der Waals surface area contributed by atoms with Crippen LogP contribution in [0.3, 0.4) is 0 Å². The summed E-state index contributed by atoms with van der Waals surface area (Å²) in [5.41, 5.74) is 3.33. The highest BCUT2D eigenvalue weighted by atomic mass is 32.2. The van der Waals surface area contributed by atoms with Crippen LogP contribution in [0.2, 0.25) is 0 Å². The molecule has 0 saturated carbocycles. The summed E-state index contributed by atoms with van der Waals surface area (Å²) in [5, 5.41) is 15.7. The number of hydrogen-bond acceptors (Lipinski definition) is 5. The molecule has 0 aliphatic rings. The number of carbonyl (C=O) groups is 2. The topological polar surface area (TPSA) is 93.5 Å². The van der Waals surface area contributed by atoms with Gasteiger partial charge in [-0.15, -0.1) is 0 Å². The predicted octanol–water partition coefficient (Wildman–Crippen LogP) is 2.76. The lowest BCUT2D eigenvalue weighted by atomic mass is 10.2. The van der Waals surface area contributed by atoms with Crippen molar-refractivity contribution >= 4 is 29.3 Å². The molecule has 0 bridgehead atoms. The monoisotopic (exact) mass is 377 g/mol. The number of nitrogens with zero attached hydrogens (tertiary/aromatic N) is 2. The van der Waals surface area contributed by atoms with E-state index >= 15 is 0 Å². The van der Waals surface area contributed by atoms with Gasteiger partial charge in [-0.1, -0.05) is 12.1 Å². The van der Waals surface area contributed by atoms with E-state index in [-0.39, 0.29) is 18.9 Å². The smallest absolute Gasteiger partial charge is 0.304 e. The van der Waals surface area contributed by atoms with E-state index in [9.17, 15) is 9.59 Å². The molecule has 2 N–H and O–H groups in total. The Labute approximate surface area is 156 Å². The first-order chi connectivity index (χ1) is 12.4. The van der Waals surface area contributed by atoms with Gasteiger partial charge in [0.15, 0.2) is 12.4 Å². The fraction of sp³-hybridized carbons (Fsp3) is 0.389. The van der Waals surface area contributed by atoms with Crippen LogP contribution in [-0.2, 0) is 22.4 Å². The maximum atomic E-state index is 12.1. The van der Waals surface area contributed by atoms with Gasteiger partial charge in [0.2, 0.25) is 0 Å². The summed E-state index contributed by atoms with van der Waals surface area (Å²) in [7, 11) is 1.83. The highest BCUT2D eigenvalue weighted by molar-refractivity contribution is 7.98. The molecule has 1 aromatic carbocycles. The van der Waals surface area contributed by atoms with Gasteiger partial charge in [0.25, 0.3) is 5.91 Å². The molecule has 0 spiro atoms. The summed E-state index contributed by atoms with van der Waals surface area (Å²) in [5.74, 6) is 0.845. The Morgan fingerprint density at radius 2 is 2.12 bits per heavy atom. The SMILES string of the molecule is Cc1nn(C)c(C)c1OCC(=O)Nc1cccc(CSCCC(=O)O)c1. The van der Waals surface area contributed by atoms with Crippen LogP contribution in [0.15, 0.2) is 24.3 Å². The van der Waals surface area contributed by atoms with Crippen molar-refractivity contribution in [2.24, 2.45) is 7.05 Å². The number of carboxylic acids is 1. The van der Waals surface area contributed by atoms with Crippen LogP contribution >= 0.6 is 11.8 Å². The van der Waals surface area contributed by atoms with E-state index in [1.807, 2.05) is 45.2 Å². The number of thioether (sulfide) groups is 1. The Hall–Kier alpha value is -2.48. The Balaban J connectivity index is 1.84. The molecule has 26 heavy (non-hydrogen) atoms. The lowest BCUT2D eigenvalue weighted by molar-refractivity contribution is -0.136. The lowest BCUT2D eigenvalue weighted by Crippen LogP contribution is -2.20. The molecule has 2 aromatic rings. The molecule has 1 aromatic heterocycles. The normalized spacial score (nSPS) is 10.6. The number of hydrogen-bond donors (Lipinski definition) is 2. The van der Waals surface area contributed by atoms with Gasteiger partial charge in [-0.25, -0.2) is 0 Å². The Kier molecular flexibility index (Phi) is 7.08. The highest BCUT2D eigenvalue weighted by Gasteiger charge is 2.12. The van der Waals surface area contributed by atoms with Gasteiger partial charge in [-0.2, -0.15) is 16.9 Å². The molecule has 0 fully saturated rings. The molecular weight excluding hydrogens is 354 g/mol. The van der Waals surface area contributed by atoms with Crippen molar-refractivity contribution in [3.05, 3.63) is 41.2 Å². The Morgan fingerprint density at radius 3 is 2.77 bits per heavy atom. The van der Waals surface area contributed by atoms with Crippen molar-refractivity contribution < 1.29 is 19.4 Å². The zero-order valence-corrected chi connectivity index (χ0v) is 15.9. The molecular formula is C18H23N3O4S. The number of carboxylic acid groups (broad SMARTS) is 1. The third-order valence-corrected chi connectivity index (χ3v) is 4.76. The molecule has 7 nitrogen and oxygen atoms in total. The van der Waals surface area contributed by atoms with Crippen LogP contribution in [0.5, 0.6) is 5.75 Å². The van der Waals surface area contributed by atoms with E-state index < -0.39 is 5.97 Å². The molecule has 0 saturated heterocycles. The van der Waals surface area contributed by atoms with Crippen LogP contribution in [0.4, 0.5) is 5.69 Å². The van der Waals surface area contributed by atoms with Gasteiger partial charge in [0, 0.05) is 24.2 Å². The summed E-state index contributed by atoms with van der Waals surface area (Å²) in [6.07, 6.45) is 0.144. The average Bonchev–Trinajstić information content (AvgIpc) is 2.82. The van der Waals surface area contributed by atoms with Crippen molar-refractivity contribution in [3.63, 3.8) is 0 Å². The number of ether oxygens (including phenoxy) is 1. The zero-order valence-electron chi connectivity index (χ0n) is 15.1. The van der Waals surface area contributed by atoms with Gasteiger partial charge < -0.3 is 15.2 Å². The highest BCUT2D eigenvalue weighted by Crippen LogP contribution is 2.21. The summed E-state index contributed by atoms with van der Waals surface area (Å²) in [6.45, 7) is 3.63. The number of nitrogens with one attached hydrogen (secondary N) is 1. The Morgan fingerprint density at radius 1 is 1.35 bits per heavy atom. The second-order valence-electron chi connectivity index (χ2n) is 5.86. The van der Waals surface area contributed by atoms with Gasteiger partial charge in [-0.05, 0) is 31.5 Å². The molecule has 0 aliphatic heterocycles. The molecule has 0 radical (unpaired) electrons. The first-order valence-electron chi connectivity index (χ1n) is 8.18. The number of aliphatic carboxylic acids is 1. The minimum absolute atomic E-state index is 0.0923. The number of anilines is 1. The lowest BCUT2D eigenvalue weighted by Gasteiger charge is -2.09. The van der Waals surface area contributed by atoms with Crippen LogP contribution in [0.1, 0.15) is 23.4 Å².